The summed E-state index contributed by atoms with van der Waals surface area (Å²) in [6.07, 6.45) is -0.288. The number of rotatable bonds is 9. The summed E-state index contributed by atoms with van der Waals surface area (Å²) in [6.45, 7) is 2.07. The van der Waals surface area contributed by atoms with Crippen molar-refractivity contribution in [3.63, 3.8) is 0 Å². The predicted octanol–water partition coefficient (Wildman–Crippen LogP) is 3.49. The zero-order chi connectivity index (χ0) is 20.7. The van der Waals surface area contributed by atoms with E-state index < -0.39 is 23.5 Å². The number of ether oxygens (including phenoxy) is 2. The Morgan fingerprint density at radius 3 is 2.43 bits per heavy atom. The Hall–Kier alpha value is -3.16. The summed E-state index contributed by atoms with van der Waals surface area (Å²) in [5, 5.41) is 8.95. The van der Waals surface area contributed by atoms with Gasteiger partial charge in [0.1, 0.15) is 0 Å². The molecule has 150 valence electrons. The van der Waals surface area contributed by atoms with Crippen molar-refractivity contribution >= 4 is 11.9 Å². The topological polar surface area (TPSA) is 76.1 Å². The smallest absolute Gasteiger partial charge is 0.305 e. The predicted molar refractivity (Wildman–Crippen MR) is 97.5 cm³/mol. The number of carboxylic acids is 1. The average molecular weight is 393 g/mol. The second-order valence-corrected chi connectivity index (χ2v) is 5.92. The molecule has 0 saturated heterocycles. The van der Waals surface area contributed by atoms with Crippen LogP contribution in [0.25, 0.3) is 0 Å². The molecule has 0 atom stereocenters. The van der Waals surface area contributed by atoms with Crippen molar-refractivity contribution in [2.24, 2.45) is 0 Å². The molecule has 1 N–H and O–H groups in total. The average Bonchev–Trinajstić information content (AvgIpc) is 2.67. The van der Waals surface area contributed by atoms with Gasteiger partial charge in [0.15, 0.2) is 23.1 Å². The molecule has 0 spiro atoms. The maximum absolute atomic E-state index is 13.5. The summed E-state index contributed by atoms with van der Waals surface area (Å²) in [5.74, 6) is -2.74. The number of carboxylic acid groups (broad SMARTS) is 1. The van der Waals surface area contributed by atoms with Gasteiger partial charge in [-0.2, -0.15) is 0 Å². The summed E-state index contributed by atoms with van der Waals surface area (Å²) in [6, 6.07) is 7.90. The van der Waals surface area contributed by atoms with Crippen LogP contribution in [0, 0.1) is 11.6 Å². The first-order valence-corrected chi connectivity index (χ1v) is 8.61. The van der Waals surface area contributed by atoms with E-state index in [1.54, 1.807) is 6.07 Å². The molecule has 0 saturated carbocycles. The molecule has 2 aromatic rings. The molecule has 28 heavy (non-hydrogen) atoms. The summed E-state index contributed by atoms with van der Waals surface area (Å²) in [5.41, 5.74) is 0.601. The van der Waals surface area contributed by atoms with E-state index >= 15 is 0 Å². The van der Waals surface area contributed by atoms with Gasteiger partial charge in [0.2, 0.25) is 0 Å². The van der Waals surface area contributed by atoms with Crippen LogP contribution < -0.4 is 9.47 Å². The summed E-state index contributed by atoms with van der Waals surface area (Å²) < 4.78 is 37.3. The Kier molecular flexibility index (Phi) is 7.31. The van der Waals surface area contributed by atoms with Crippen molar-refractivity contribution in [2.75, 3.05) is 20.3 Å². The molecule has 0 aromatic heterocycles. The van der Waals surface area contributed by atoms with Crippen molar-refractivity contribution in [3.05, 3.63) is 59.2 Å². The van der Waals surface area contributed by atoms with Crippen LogP contribution in [0.2, 0.25) is 0 Å². The quantitative estimate of drug-likeness (QED) is 0.706. The van der Waals surface area contributed by atoms with E-state index in [9.17, 15) is 18.4 Å². The molecule has 1 amide bonds. The third-order valence-electron chi connectivity index (χ3n) is 3.95. The lowest BCUT2D eigenvalue weighted by atomic mass is 10.1. The summed E-state index contributed by atoms with van der Waals surface area (Å²) in [7, 11) is 1.44. The van der Waals surface area contributed by atoms with Gasteiger partial charge in [-0.3, -0.25) is 9.59 Å². The minimum Gasteiger partial charge on any atom is -0.493 e. The zero-order valence-electron chi connectivity index (χ0n) is 15.6. The number of aliphatic carboxylic acids is 1. The lowest BCUT2D eigenvalue weighted by Gasteiger charge is -2.23. The van der Waals surface area contributed by atoms with Crippen LogP contribution >= 0.6 is 0 Å². The normalized spacial score (nSPS) is 10.4. The van der Waals surface area contributed by atoms with Gasteiger partial charge in [0, 0.05) is 18.7 Å². The van der Waals surface area contributed by atoms with Gasteiger partial charge >= 0.3 is 5.97 Å². The number of hydrogen-bond acceptors (Lipinski definition) is 4. The first kappa shape index (κ1) is 21.1. The fourth-order valence-corrected chi connectivity index (χ4v) is 2.60. The van der Waals surface area contributed by atoms with Gasteiger partial charge in [0.25, 0.3) is 5.91 Å². The van der Waals surface area contributed by atoms with Crippen LogP contribution in [0.3, 0.4) is 0 Å². The Morgan fingerprint density at radius 1 is 1.07 bits per heavy atom. The maximum atomic E-state index is 13.5. The van der Waals surface area contributed by atoms with Crippen LogP contribution in [0.5, 0.6) is 11.5 Å². The van der Waals surface area contributed by atoms with Crippen molar-refractivity contribution in [1.29, 1.82) is 0 Å². The molecule has 6 nitrogen and oxygen atoms in total. The van der Waals surface area contributed by atoms with Crippen molar-refractivity contribution in [2.45, 2.75) is 19.9 Å². The van der Waals surface area contributed by atoms with Gasteiger partial charge < -0.3 is 19.5 Å². The second kappa shape index (κ2) is 9.68. The van der Waals surface area contributed by atoms with E-state index in [4.69, 9.17) is 14.6 Å². The molecule has 0 aliphatic rings. The number of nitrogens with zero attached hydrogens (tertiary/aromatic N) is 1. The molecule has 8 heteroatoms. The molecular formula is C20H21F2NO5. The molecule has 0 aliphatic heterocycles. The summed E-state index contributed by atoms with van der Waals surface area (Å²) >= 11 is 0. The van der Waals surface area contributed by atoms with Crippen LogP contribution in [-0.2, 0) is 11.3 Å². The number of benzene rings is 2. The SMILES string of the molecule is CCOc1ccc(C(=O)N(CCC(=O)O)Cc2ccc(F)c(F)c2)cc1OC. The minimum absolute atomic E-state index is 0.0706. The van der Waals surface area contributed by atoms with Gasteiger partial charge in [-0.25, -0.2) is 8.78 Å². The van der Waals surface area contributed by atoms with E-state index in [-0.39, 0.29) is 25.1 Å². The van der Waals surface area contributed by atoms with E-state index in [0.717, 1.165) is 12.1 Å². The molecule has 2 aromatic carbocycles. The molecule has 0 fully saturated rings. The number of halogens is 2. The highest BCUT2D eigenvalue weighted by molar-refractivity contribution is 5.95. The van der Waals surface area contributed by atoms with Gasteiger partial charge in [-0.15, -0.1) is 0 Å². The number of carbonyl (C=O) groups excluding carboxylic acids is 1. The maximum Gasteiger partial charge on any atom is 0.305 e. The largest absolute Gasteiger partial charge is 0.493 e. The van der Waals surface area contributed by atoms with Gasteiger partial charge in [-0.05, 0) is 42.8 Å². The number of carbonyl (C=O) groups is 2. The number of hydrogen-bond donors (Lipinski definition) is 1. The standard InChI is InChI=1S/C20H21F2NO5/c1-3-28-17-7-5-14(11-18(17)27-2)20(26)23(9-8-19(24)25)12-13-4-6-15(21)16(22)10-13/h4-7,10-11H,3,8-9,12H2,1-2H3,(H,24,25). The molecule has 0 heterocycles. The van der Waals surface area contributed by atoms with Crippen LogP contribution in [0.1, 0.15) is 29.3 Å². The fraction of sp³-hybridized carbons (Fsp3) is 0.300. The van der Waals surface area contributed by atoms with Crippen LogP contribution in [0.4, 0.5) is 8.78 Å². The number of amides is 1. The lowest BCUT2D eigenvalue weighted by molar-refractivity contribution is -0.137. The molecule has 0 unspecified atom stereocenters. The molecule has 0 radical (unpaired) electrons. The Labute approximate surface area is 161 Å². The van der Waals surface area contributed by atoms with E-state index in [1.807, 2.05) is 6.92 Å². The van der Waals surface area contributed by atoms with Crippen molar-refractivity contribution in [3.8, 4) is 11.5 Å². The third-order valence-corrected chi connectivity index (χ3v) is 3.95. The van der Waals surface area contributed by atoms with Crippen molar-refractivity contribution in [1.82, 2.24) is 4.90 Å². The van der Waals surface area contributed by atoms with E-state index in [1.165, 1.54) is 30.2 Å². The molecule has 0 bridgehead atoms. The third kappa shape index (κ3) is 5.42. The highest BCUT2D eigenvalue weighted by atomic mass is 19.2. The van der Waals surface area contributed by atoms with Crippen LogP contribution in [0.15, 0.2) is 36.4 Å². The minimum atomic E-state index is -1.08. The highest BCUT2D eigenvalue weighted by Gasteiger charge is 2.20. The van der Waals surface area contributed by atoms with Crippen LogP contribution in [-0.4, -0.2) is 42.1 Å². The zero-order valence-corrected chi connectivity index (χ0v) is 15.6. The molecule has 2 rings (SSSR count). The molecule has 0 aliphatic carbocycles. The van der Waals surface area contributed by atoms with Gasteiger partial charge in [-0.1, -0.05) is 6.07 Å². The monoisotopic (exact) mass is 393 g/mol. The summed E-state index contributed by atoms with van der Waals surface area (Å²) in [4.78, 5) is 25.1. The first-order valence-electron chi connectivity index (χ1n) is 8.61. The van der Waals surface area contributed by atoms with E-state index in [0.29, 0.717) is 23.7 Å². The Bertz CT molecular complexity index is 856. The fourth-order valence-electron chi connectivity index (χ4n) is 2.60. The number of methoxy groups -OCH3 is 1. The highest BCUT2D eigenvalue weighted by Crippen LogP contribution is 2.28. The molecular weight excluding hydrogens is 372 g/mol. The van der Waals surface area contributed by atoms with Gasteiger partial charge in [0.05, 0.1) is 20.1 Å². The van der Waals surface area contributed by atoms with Crippen molar-refractivity contribution < 1.29 is 33.0 Å². The lowest BCUT2D eigenvalue weighted by Crippen LogP contribution is -2.32. The first-order chi connectivity index (χ1) is 13.3. The second-order valence-electron chi connectivity index (χ2n) is 5.92. The Morgan fingerprint density at radius 2 is 1.82 bits per heavy atom. The Balaban J connectivity index is 2.29. The van der Waals surface area contributed by atoms with E-state index in [2.05, 4.69) is 0 Å².